The Hall–Kier alpha value is -1.68. The molecule has 0 amide bonds. The van der Waals surface area contributed by atoms with Gasteiger partial charge in [-0.15, -0.1) is 0 Å². The van der Waals surface area contributed by atoms with Gasteiger partial charge < -0.3 is 5.73 Å². The van der Waals surface area contributed by atoms with Crippen molar-refractivity contribution in [1.29, 1.82) is 0 Å². The highest BCUT2D eigenvalue weighted by molar-refractivity contribution is 5.53. The Kier molecular flexibility index (Phi) is 3.31. The second-order valence-corrected chi connectivity index (χ2v) is 3.81. The van der Waals surface area contributed by atoms with E-state index in [2.05, 4.69) is 22.1 Å². The van der Waals surface area contributed by atoms with E-state index in [-0.39, 0.29) is 6.04 Å². The normalized spacial score (nSPS) is 12.6. The summed E-state index contributed by atoms with van der Waals surface area (Å²) in [7, 11) is 0. The standard InChI is InChI=1S/C12H16N4/c1-2-6-10(13)12-14-11(15-16-12)9-7-4-3-5-8-9/h3-5,7-8,10H,2,6,13H2,1H3,(H,14,15,16)/t10-/m1/s1. The molecule has 1 aromatic carbocycles. The zero-order valence-corrected chi connectivity index (χ0v) is 9.35. The number of hydrogen-bond donors (Lipinski definition) is 2. The molecule has 0 fully saturated rings. The quantitative estimate of drug-likeness (QED) is 0.823. The molecule has 0 aliphatic carbocycles. The number of nitrogens with zero attached hydrogens (tertiary/aromatic N) is 2. The Morgan fingerprint density at radius 3 is 2.75 bits per heavy atom. The minimum atomic E-state index is -0.0463. The van der Waals surface area contributed by atoms with E-state index in [1.54, 1.807) is 0 Å². The van der Waals surface area contributed by atoms with Gasteiger partial charge in [-0.2, -0.15) is 5.10 Å². The molecule has 4 nitrogen and oxygen atoms in total. The van der Waals surface area contributed by atoms with Crippen molar-refractivity contribution in [1.82, 2.24) is 15.2 Å². The number of hydrogen-bond acceptors (Lipinski definition) is 3. The van der Waals surface area contributed by atoms with Crippen molar-refractivity contribution in [2.45, 2.75) is 25.8 Å². The first-order valence-electron chi connectivity index (χ1n) is 5.54. The monoisotopic (exact) mass is 216 g/mol. The Bertz CT molecular complexity index is 435. The van der Waals surface area contributed by atoms with Gasteiger partial charge in [0.25, 0.3) is 0 Å². The summed E-state index contributed by atoms with van der Waals surface area (Å²) < 4.78 is 0. The summed E-state index contributed by atoms with van der Waals surface area (Å²) in [4.78, 5) is 4.41. The van der Waals surface area contributed by atoms with Crippen molar-refractivity contribution < 1.29 is 0 Å². The number of aromatic amines is 1. The molecule has 0 bridgehead atoms. The molecule has 0 saturated carbocycles. The second kappa shape index (κ2) is 4.90. The lowest BCUT2D eigenvalue weighted by Gasteiger charge is -2.04. The lowest BCUT2D eigenvalue weighted by Crippen LogP contribution is -2.11. The van der Waals surface area contributed by atoms with Crippen molar-refractivity contribution in [3.05, 3.63) is 36.2 Å². The molecule has 4 heteroatoms. The van der Waals surface area contributed by atoms with Crippen LogP contribution in [0.3, 0.4) is 0 Å². The van der Waals surface area contributed by atoms with Crippen LogP contribution in [0.2, 0.25) is 0 Å². The van der Waals surface area contributed by atoms with Crippen LogP contribution in [-0.4, -0.2) is 15.2 Å². The maximum atomic E-state index is 5.96. The van der Waals surface area contributed by atoms with Crippen LogP contribution in [0.4, 0.5) is 0 Å². The predicted octanol–water partition coefficient (Wildman–Crippen LogP) is 2.27. The number of aromatic nitrogens is 3. The van der Waals surface area contributed by atoms with Gasteiger partial charge in [-0.3, -0.25) is 5.10 Å². The van der Waals surface area contributed by atoms with Crippen molar-refractivity contribution in [2.75, 3.05) is 0 Å². The third kappa shape index (κ3) is 2.28. The molecule has 1 atom stereocenters. The fourth-order valence-corrected chi connectivity index (χ4v) is 1.60. The molecule has 3 N–H and O–H groups in total. The Balaban J connectivity index is 2.20. The highest BCUT2D eigenvalue weighted by Crippen LogP contribution is 2.17. The van der Waals surface area contributed by atoms with Crippen molar-refractivity contribution in [3.63, 3.8) is 0 Å². The average molecular weight is 216 g/mol. The van der Waals surface area contributed by atoms with Crippen LogP contribution in [0, 0.1) is 0 Å². The Morgan fingerprint density at radius 2 is 2.06 bits per heavy atom. The van der Waals surface area contributed by atoms with E-state index in [0.717, 1.165) is 24.2 Å². The molecule has 2 aromatic rings. The minimum absolute atomic E-state index is 0.0463. The summed E-state index contributed by atoms with van der Waals surface area (Å²) in [6.07, 6.45) is 1.96. The number of nitrogens with two attached hydrogens (primary N) is 1. The van der Waals surface area contributed by atoms with Crippen molar-refractivity contribution >= 4 is 0 Å². The molecule has 1 heterocycles. The van der Waals surface area contributed by atoms with Gasteiger partial charge in [-0.05, 0) is 6.42 Å². The van der Waals surface area contributed by atoms with E-state index in [1.165, 1.54) is 0 Å². The fourth-order valence-electron chi connectivity index (χ4n) is 1.60. The smallest absolute Gasteiger partial charge is 0.181 e. The topological polar surface area (TPSA) is 67.6 Å². The summed E-state index contributed by atoms with van der Waals surface area (Å²) in [6, 6.07) is 9.83. The molecule has 0 unspecified atom stereocenters. The Labute approximate surface area is 94.9 Å². The summed E-state index contributed by atoms with van der Waals surface area (Å²) >= 11 is 0. The zero-order valence-electron chi connectivity index (χ0n) is 9.35. The SMILES string of the molecule is CCC[C@@H](N)c1nc(-c2ccccc2)n[nH]1. The molecular weight excluding hydrogens is 200 g/mol. The van der Waals surface area contributed by atoms with E-state index in [0.29, 0.717) is 5.82 Å². The lowest BCUT2D eigenvalue weighted by atomic mass is 10.2. The van der Waals surface area contributed by atoms with Crippen LogP contribution in [0.25, 0.3) is 11.4 Å². The van der Waals surface area contributed by atoms with Crippen LogP contribution in [0.15, 0.2) is 30.3 Å². The van der Waals surface area contributed by atoms with Gasteiger partial charge in [-0.1, -0.05) is 43.7 Å². The van der Waals surface area contributed by atoms with Crippen LogP contribution in [0.5, 0.6) is 0 Å². The summed E-state index contributed by atoms with van der Waals surface area (Å²) in [5.74, 6) is 1.47. The van der Waals surface area contributed by atoms with E-state index in [9.17, 15) is 0 Å². The second-order valence-electron chi connectivity index (χ2n) is 3.81. The molecule has 2 rings (SSSR count). The highest BCUT2D eigenvalue weighted by atomic mass is 15.2. The van der Waals surface area contributed by atoms with Gasteiger partial charge in [0.1, 0.15) is 5.82 Å². The maximum absolute atomic E-state index is 5.96. The molecule has 0 spiro atoms. The van der Waals surface area contributed by atoms with E-state index >= 15 is 0 Å². The van der Waals surface area contributed by atoms with E-state index in [1.807, 2.05) is 30.3 Å². The molecule has 1 aromatic heterocycles. The van der Waals surface area contributed by atoms with Crippen LogP contribution < -0.4 is 5.73 Å². The third-order valence-corrected chi connectivity index (χ3v) is 2.49. The maximum Gasteiger partial charge on any atom is 0.181 e. The molecule has 84 valence electrons. The lowest BCUT2D eigenvalue weighted by molar-refractivity contribution is 0.604. The molecule has 0 saturated heterocycles. The minimum Gasteiger partial charge on any atom is -0.321 e. The first-order valence-corrected chi connectivity index (χ1v) is 5.54. The molecule has 16 heavy (non-hydrogen) atoms. The van der Waals surface area contributed by atoms with Gasteiger partial charge in [0.2, 0.25) is 0 Å². The molecule has 0 radical (unpaired) electrons. The average Bonchev–Trinajstić information content (AvgIpc) is 2.80. The van der Waals surface area contributed by atoms with Gasteiger partial charge in [0.15, 0.2) is 5.82 Å². The summed E-state index contributed by atoms with van der Waals surface area (Å²) in [6.45, 7) is 2.11. The van der Waals surface area contributed by atoms with Crippen molar-refractivity contribution in [3.8, 4) is 11.4 Å². The third-order valence-electron chi connectivity index (χ3n) is 2.49. The van der Waals surface area contributed by atoms with Crippen LogP contribution in [0.1, 0.15) is 31.6 Å². The number of benzene rings is 1. The largest absolute Gasteiger partial charge is 0.321 e. The van der Waals surface area contributed by atoms with Crippen LogP contribution >= 0.6 is 0 Å². The van der Waals surface area contributed by atoms with Gasteiger partial charge in [-0.25, -0.2) is 4.98 Å². The molecule has 0 aliphatic heterocycles. The van der Waals surface area contributed by atoms with E-state index < -0.39 is 0 Å². The number of rotatable bonds is 4. The van der Waals surface area contributed by atoms with Gasteiger partial charge in [0.05, 0.1) is 6.04 Å². The summed E-state index contributed by atoms with van der Waals surface area (Å²) in [5, 5.41) is 7.08. The molecular formula is C12H16N4. The number of H-pyrrole nitrogens is 1. The predicted molar refractivity (Wildman–Crippen MR) is 63.7 cm³/mol. The summed E-state index contributed by atoms with van der Waals surface area (Å²) in [5.41, 5.74) is 6.97. The first-order chi connectivity index (χ1) is 7.81. The van der Waals surface area contributed by atoms with Crippen LogP contribution in [-0.2, 0) is 0 Å². The Morgan fingerprint density at radius 1 is 1.31 bits per heavy atom. The van der Waals surface area contributed by atoms with E-state index in [4.69, 9.17) is 5.73 Å². The number of nitrogens with one attached hydrogen (secondary N) is 1. The fraction of sp³-hybridized carbons (Fsp3) is 0.333. The highest BCUT2D eigenvalue weighted by Gasteiger charge is 2.11. The van der Waals surface area contributed by atoms with Crippen molar-refractivity contribution in [2.24, 2.45) is 5.73 Å². The molecule has 0 aliphatic rings. The zero-order chi connectivity index (χ0) is 11.4. The van der Waals surface area contributed by atoms with Gasteiger partial charge in [0, 0.05) is 5.56 Å². The van der Waals surface area contributed by atoms with Gasteiger partial charge >= 0.3 is 0 Å². The first kappa shape index (κ1) is 10.8.